The number of hydrogen-bond acceptors (Lipinski definition) is 2. The smallest absolute Gasteiger partial charge is 0.195 e. The van der Waals surface area contributed by atoms with Gasteiger partial charge in [0.25, 0.3) is 10.2 Å². The van der Waals surface area contributed by atoms with Gasteiger partial charge in [-0.15, -0.1) is 0 Å². The van der Waals surface area contributed by atoms with Crippen molar-refractivity contribution < 1.29 is 8.42 Å². The molecule has 0 unspecified atom stereocenters. The SMILES string of the molecule is CN1CC[C@H](C#Cc2ccccc2)NS1(=O)=O. The fourth-order valence-corrected chi connectivity index (χ4v) is 2.62. The van der Waals surface area contributed by atoms with Gasteiger partial charge in [0.05, 0.1) is 6.04 Å². The van der Waals surface area contributed by atoms with Gasteiger partial charge in [0, 0.05) is 19.2 Å². The molecule has 1 atom stereocenters. The summed E-state index contributed by atoms with van der Waals surface area (Å²) in [5.41, 5.74) is 0.894. The molecule has 0 aliphatic carbocycles. The van der Waals surface area contributed by atoms with Crippen molar-refractivity contribution in [2.45, 2.75) is 12.5 Å². The second-order valence-corrected chi connectivity index (χ2v) is 5.73. The van der Waals surface area contributed by atoms with Gasteiger partial charge >= 0.3 is 0 Å². The van der Waals surface area contributed by atoms with E-state index in [2.05, 4.69) is 16.6 Å². The fraction of sp³-hybridized carbons (Fsp3) is 0.333. The van der Waals surface area contributed by atoms with Crippen molar-refractivity contribution in [2.75, 3.05) is 13.6 Å². The van der Waals surface area contributed by atoms with Crippen LogP contribution in [0.1, 0.15) is 12.0 Å². The van der Waals surface area contributed by atoms with Gasteiger partial charge in [-0.2, -0.15) is 17.4 Å². The molecule has 1 aromatic carbocycles. The first kappa shape index (κ1) is 12.1. The average molecular weight is 250 g/mol. The third-order valence-corrected chi connectivity index (χ3v) is 4.18. The van der Waals surface area contributed by atoms with E-state index < -0.39 is 10.2 Å². The zero-order chi connectivity index (χ0) is 12.3. The second-order valence-electron chi connectivity index (χ2n) is 3.92. The highest BCUT2D eigenvalue weighted by molar-refractivity contribution is 7.87. The van der Waals surface area contributed by atoms with E-state index in [4.69, 9.17) is 0 Å². The molecule has 4 nitrogen and oxygen atoms in total. The molecule has 1 fully saturated rings. The van der Waals surface area contributed by atoms with E-state index in [0.29, 0.717) is 13.0 Å². The molecule has 1 heterocycles. The van der Waals surface area contributed by atoms with Crippen LogP contribution in [-0.4, -0.2) is 32.4 Å². The maximum Gasteiger partial charge on any atom is 0.280 e. The first-order valence-electron chi connectivity index (χ1n) is 5.38. The topological polar surface area (TPSA) is 49.4 Å². The summed E-state index contributed by atoms with van der Waals surface area (Å²) in [7, 11) is -1.78. The molecular weight excluding hydrogens is 236 g/mol. The lowest BCUT2D eigenvalue weighted by molar-refractivity contribution is 0.404. The molecule has 5 heteroatoms. The lowest BCUT2D eigenvalue weighted by Crippen LogP contribution is -2.49. The van der Waals surface area contributed by atoms with E-state index in [0.717, 1.165) is 5.56 Å². The molecule has 90 valence electrons. The molecule has 2 rings (SSSR count). The molecule has 1 saturated heterocycles. The summed E-state index contributed by atoms with van der Waals surface area (Å²) in [5.74, 6) is 5.92. The van der Waals surface area contributed by atoms with Crippen molar-refractivity contribution in [3.63, 3.8) is 0 Å². The fourth-order valence-electron chi connectivity index (χ4n) is 1.55. The Morgan fingerprint density at radius 1 is 1.35 bits per heavy atom. The molecule has 1 N–H and O–H groups in total. The summed E-state index contributed by atoms with van der Waals surface area (Å²) in [6.07, 6.45) is 0.704. The van der Waals surface area contributed by atoms with Crippen molar-refractivity contribution >= 4 is 10.2 Å². The van der Waals surface area contributed by atoms with Crippen molar-refractivity contribution in [1.29, 1.82) is 0 Å². The second kappa shape index (κ2) is 4.88. The summed E-state index contributed by atoms with van der Waals surface area (Å²) >= 11 is 0. The Hall–Kier alpha value is -1.35. The van der Waals surface area contributed by atoms with Gasteiger partial charge in [0.2, 0.25) is 0 Å². The summed E-state index contributed by atoms with van der Waals surface area (Å²) in [5, 5.41) is 0. The predicted octanol–water partition coefficient (Wildman–Crippen LogP) is 0.577. The lowest BCUT2D eigenvalue weighted by Gasteiger charge is -2.26. The Labute approximate surface area is 102 Å². The number of hydrogen-bond donors (Lipinski definition) is 1. The van der Waals surface area contributed by atoms with Crippen LogP contribution in [0, 0.1) is 11.8 Å². The van der Waals surface area contributed by atoms with Crippen molar-refractivity contribution in [2.24, 2.45) is 0 Å². The Balaban J connectivity index is 2.09. The normalized spacial score (nSPS) is 23.7. The standard InChI is InChI=1S/C12H14N2O2S/c1-14-10-9-12(13-17(14,15)16)8-7-11-5-3-2-4-6-11/h2-6,12-13H,9-10H2,1H3/t12-/m0/s1. The maximum atomic E-state index is 11.6. The number of rotatable bonds is 0. The van der Waals surface area contributed by atoms with Crippen molar-refractivity contribution in [3.05, 3.63) is 35.9 Å². The lowest BCUT2D eigenvalue weighted by atomic mass is 10.2. The highest BCUT2D eigenvalue weighted by atomic mass is 32.2. The molecule has 0 saturated carbocycles. The molecule has 0 amide bonds. The van der Waals surface area contributed by atoms with E-state index in [9.17, 15) is 8.42 Å². The minimum Gasteiger partial charge on any atom is -0.195 e. The molecule has 0 bridgehead atoms. The van der Waals surface area contributed by atoms with Crippen molar-refractivity contribution in [3.8, 4) is 11.8 Å². The third-order valence-electron chi connectivity index (χ3n) is 2.60. The van der Waals surface area contributed by atoms with E-state index >= 15 is 0 Å². The highest BCUT2D eigenvalue weighted by Gasteiger charge is 2.26. The van der Waals surface area contributed by atoms with Crippen LogP contribution < -0.4 is 4.72 Å². The van der Waals surface area contributed by atoms with Crippen LogP contribution in [0.4, 0.5) is 0 Å². The Morgan fingerprint density at radius 3 is 2.71 bits per heavy atom. The van der Waals surface area contributed by atoms with Crippen LogP contribution in [0.25, 0.3) is 0 Å². The van der Waals surface area contributed by atoms with Gasteiger partial charge in [-0.25, -0.2) is 0 Å². The van der Waals surface area contributed by atoms with Gasteiger partial charge in [-0.05, 0) is 18.6 Å². The van der Waals surface area contributed by atoms with Crippen LogP contribution in [0.3, 0.4) is 0 Å². The van der Waals surface area contributed by atoms with Crippen LogP contribution in [0.2, 0.25) is 0 Å². The Kier molecular flexibility index (Phi) is 3.48. The maximum absolute atomic E-state index is 11.6. The molecule has 0 aromatic heterocycles. The molecular formula is C12H14N2O2S. The molecule has 1 aliphatic heterocycles. The molecule has 1 aromatic rings. The minimum absolute atomic E-state index is 0.295. The summed E-state index contributed by atoms with van der Waals surface area (Å²) in [4.78, 5) is 0. The van der Waals surface area contributed by atoms with Crippen LogP contribution in [0.15, 0.2) is 30.3 Å². The van der Waals surface area contributed by atoms with E-state index in [1.807, 2.05) is 30.3 Å². The van der Waals surface area contributed by atoms with Crippen LogP contribution in [0.5, 0.6) is 0 Å². The van der Waals surface area contributed by atoms with E-state index in [1.165, 1.54) is 4.31 Å². The summed E-state index contributed by atoms with van der Waals surface area (Å²) in [6.45, 7) is 0.503. The quantitative estimate of drug-likeness (QED) is 0.685. The van der Waals surface area contributed by atoms with Crippen LogP contribution >= 0.6 is 0 Å². The predicted molar refractivity (Wildman–Crippen MR) is 66.4 cm³/mol. The van der Waals surface area contributed by atoms with E-state index in [1.54, 1.807) is 7.05 Å². The molecule has 0 spiro atoms. The minimum atomic E-state index is -3.33. The Morgan fingerprint density at radius 2 is 2.06 bits per heavy atom. The summed E-state index contributed by atoms with van der Waals surface area (Å²) < 4.78 is 26.9. The van der Waals surface area contributed by atoms with E-state index in [-0.39, 0.29) is 6.04 Å². The summed E-state index contributed by atoms with van der Waals surface area (Å²) in [6, 6.07) is 9.23. The average Bonchev–Trinajstić information content (AvgIpc) is 2.32. The highest BCUT2D eigenvalue weighted by Crippen LogP contribution is 2.07. The van der Waals surface area contributed by atoms with Gasteiger partial charge in [-0.3, -0.25) is 0 Å². The first-order chi connectivity index (χ1) is 8.08. The zero-order valence-electron chi connectivity index (χ0n) is 9.55. The number of nitrogens with one attached hydrogen (secondary N) is 1. The number of benzene rings is 1. The molecule has 17 heavy (non-hydrogen) atoms. The van der Waals surface area contributed by atoms with Gasteiger partial charge in [0.1, 0.15) is 0 Å². The van der Waals surface area contributed by atoms with Gasteiger partial charge < -0.3 is 0 Å². The monoisotopic (exact) mass is 250 g/mol. The number of nitrogens with zero attached hydrogens (tertiary/aromatic N) is 1. The van der Waals surface area contributed by atoms with Crippen LogP contribution in [-0.2, 0) is 10.2 Å². The molecule has 0 radical (unpaired) electrons. The third kappa shape index (κ3) is 3.07. The van der Waals surface area contributed by atoms with Gasteiger partial charge in [0.15, 0.2) is 0 Å². The Bertz CT molecular complexity index is 543. The molecule has 1 aliphatic rings. The zero-order valence-corrected chi connectivity index (χ0v) is 10.4. The van der Waals surface area contributed by atoms with Crippen molar-refractivity contribution in [1.82, 2.24) is 9.03 Å². The van der Waals surface area contributed by atoms with Gasteiger partial charge in [-0.1, -0.05) is 30.0 Å². The first-order valence-corrected chi connectivity index (χ1v) is 6.82. The largest absolute Gasteiger partial charge is 0.280 e.